The summed E-state index contributed by atoms with van der Waals surface area (Å²) in [6, 6.07) is 6.06. The van der Waals surface area contributed by atoms with E-state index in [1.807, 2.05) is 45.9 Å². The molecule has 0 aliphatic carbocycles. The molecule has 3 aromatic rings. The second-order valence-electron chi connectivity index (χ2n) is 7.88. The number of aryl methyl sites for hydroxylation is 4. The van der Waals surface area contributed by atoms with Crippen LogP contribution in [0.4, 0.5) is 5.69 Å². The topological polar surface area (TPSA) is 85.8 Å². The average molecular weight is 393 g/mol. The Hall–Kier alpha value is -2.96. The van der Waals surface area contributed by atoms with Crippen LogP contribution < -0.4 is 5.32 Å². The van der Waals surface area contributed by atoms with Crippen molar-refractivity contribution in [1.82, 2.24) is 19.9 Å². The molecular weight excluding hydrogens is 366 g/mol. The van der Waals surface area contributed by atoms with Gasteiger partial charge in [-0.05, 0) is 52.2 Å². The van der Waals surface area contributed by atoms with Crippen LogP contribution in [0.1, 0.15) is 60.5 Å². The van der Waals surface area contributed by atoms with Crippen molar-refractivity contribution in [2.24, 2.45) is 0 Å². The maximum atomic E-state index is 12.9. The predicted octanol–water partition coefficient (Wildman–Crippen LogP) is 4.33. The number of hydrogen-bond acceptors (Lipinski definition) is 5. The van der Waals surface area contributed by atoms with E-state index in [1.165, 1.54) is 6.42 Å². The van der Waals surface area contributed by atoms with Gasteiger partial charge in [0.2, 0.25) is 5.91 Å². The molecule has 7 heteroatoms. The number of benzene rings is 1. The molecule has 0 saturated carbocycles. The first-order chi connectivity index (χ1) is 14.0. The Morgan fingerprint density at radius 3 is 2.76 bits per heavy atom. The van der Waals surface area contributed by atoms with Crippen LogP contribution in [-0.4, -0.2) is 25.8 Å². The van der Waals surface area contributed by atoms with Gasteiger partial charge in [0.1, 0.15) is 11.6 Å². The second kappa shape index (κ2) is 7.81. The molecule has 1 amide bonds. The number of fused-ring (bicyclic) bond motifs is 1. The van der Waals surface area contributed by atoms with Gasteiger partial charge in [0, 0.05) is 29.8 Å². The molecule has 0 radical (unpaired) electrons. The fraction of sp³-hybridized carbons (Fsp3) is 0.455. The van der Waals surface area contributed by atoms with E-state index in [9.17, 15) is 4.79 Å². The molecule has 2 aromatic heterocycles. The maximum Gasteiger partial charge on any atom is 0.231 e. The summed E-state index contributed by atoms with van der Waals surface area (Å²) >= 11 is 0. The average Bonchev–Trinajstić information content (AvgIpc) is 3.16. The van der Waals surface area contributed by atoms with Crippen LogP contribution in [0.25, 0.3) is 11.4 Å². The Morgan fingerprint density at radius 2 is 2.00 bits per heavy atom. The summed E-state index contributed by atoms with van der Waals surface area (Å²) in [6.07, 6.45) is 4.49. The first kappa shape index (κ1) is 19.4. The zero-order chi connectivity index (χ0) is 20.5. The van der Waals surface area contributed by atoms with Gasteiger partial charge in [-0.2, -0.15) is 0 Å². The van der Waals surface area contributed by atoms with E-state index in [0.29, 0.717) is 5.76 Å². The maximum absolute atomic E-state index is 12.9. The fourth-order valence-corrected chi connectivity index (χ4v) is 4.07. The number of carbonyl (C=O) groups is 1. The molecule has 1 aliphatic rings. The lowest BCUT2D eigenvalue weighted by Crippen LogP contribution is -2.20. The van der Waals surface area contributed by atoms with Crippen molar-refractivity contribution in [2.75, 3.05) is 5.32 Å². The third-order valence-corrected chi connectivity index (χ3v) is 5.78. The number of aromatic nitrogens is 4. The number of anilines is 1. The van der Waals surface area contributed by atoms with Gasteiger partial charge in [-0.3, -0.25) is 4.79 Å². The van der Waals surface area contributed by atoms with E-state index in [4.69, 9.17) is 4.52 Å². The Morgan fingerprint density at radius 1 is 1.17 bits per heavy atom. The highest BCUT2D eigenvalue weighted by molar-refractivity contribution is 5.97. The molecule has 1 N–H and O–H groups in total. The van der Waals surface area contributed by atoms with Gasteiger partial charge in [-0.25, -0.2) is 0 Å². The Kier molecular flexibility index (Phi) is 5.22. The quantitative estimate of drug-likeness (QED) is 0.713. The van der Waals surface area contributed by atoms with Gasteiger partial charge in [-0.1, -0.05) is 23.7 Å². The number of carbonyl (C=O) groups excluding carboxylic acids is 1. The summed E-state index contributed by atoms with van der Waals surface area (Å²) in [7, 11) is 0. The predicted molar refractivity (Wildman–Crippen MR) is 111 cm³/mol. The van der Waals surface area contributed by atoms with Gasteiger partial charge in [-0.15, -0.1) is 10.2 Å². The van der Waals surface area contributed by atoms with Crippen LogP contribution in [0.5, 0.6) is 0 Å². The van der Waals surface area contributed by atoms with Crippen molar-refractivity contribution >= 4 is 11.6 Å². The SMILES string of the molecule is Cc1ccc(-c2nnc3n2CCCCC3)cc1NC(=O)C(C)c1c(C)noc1C. The minimum Gasteiger partial charge on any atom is -0.361 e. The van der Waals surface area contributed by atoms with Crippen LogP contribution in [-0.2, 0) is 17.8 Å². The molecule has 1 atom stereocenters. The van der Waals surface area contributed by atoms with E-state index < -0.39 is 0 Å². The van der Waals surface area contributed by atoms with E-state index in [2.05, 4.69) is 25.2 Å². The molecule has 0 fully saturated rings. The van der Waals surface area contributed by atoms with E-state index in [-0.39, 0.29) is 11.8 Å². The summed E-state index contributed by atoms with van der Waals surface area (Å²) in [6.45, 7) is 8.50. The van der Waals surface area contributed by atoms with Crippen molar-refractivity contribution in [1.29, 1.82) is 0 Å². The van der Waals surface area contributed by atoms with E-state index in [0.717, 1.165) is 65.5 Å². The molecule has 1 unspecified atom stereocenters. The highest BCUT2D eigenvalue weighted by Gasteiger charge is 2.24. The molecule has 1 aromatic carbocycles. The summed E-state index contributed by atoms with van der Waals surface area (Å²) < 4.78 is 7.44. The number of nitrogens with zero attached hydrogens (tertiary/aromatic N) is 4. The largest absolute Gasteiger partial charge is 0.361 e. The van der Waals surface area contributed by atoms with Gasteiger partial charge in [0.05, 0.1) is 11.6 Å². The molecule has 29 heavy (non-hydrogen) atoms. The number of hydrogen-bond donors (Lipinski definition) is 1. The summed E-state index contributed by atoms with van der Waals surface area (Å²) in [5.74, 6) is 2.17. The van der Waals surface area contributed by atoms with E-state index >= 15 is 0 Å². The monoisotopic (exact) mass is 393 g/mol. The zero-order valence-electron chi connectivity index (χ0n) is 17.5. The molecule has 7 nitrogen and oxygen atoms in total. The smallest absolute Gasteiger partial charge is 0.231 e. The van der Waals surface area contributed by atoms with Gasteiger partial charge >= 0.3 is 0 Å². The molecule has 1 aliphatic heterocycles. The Labute approximate surface area is 170 Å². The molecule has 0 spiro atoms. The highest BCUT2D eigenvalue weighted by Crippen LogP contribution is 2.29. The number of amides is 1. The molecule has 3 heterocycles. The van der Waals surface area contributed by atoms with Crippen molar-refractivity contribution in [3.8, 4) is 11.4 Å². The molecule has 152 valence electrons. The van der Waals surface area contributed by atoms with Crippen LogP contribution in [0.15, 0.2) is 22.7 Å². The summed E-state index contributed by atoms with van der Waals surface area (Å²) in [5.41, 5.74) is 4.36. The zero-order valence-corrected chi connectivity index (χ0v) is 17.5. The van der Waals surface area contributed by atoms with Crippen molar-refractivity contribution in [3.05, 3.63) is 46.6 Å². The molecule has 0 saturated heterocycles. The van der Waals surface area contributed by atoms with Crippen molar-refractivity contribution in [3.63, 3.8) is 0 Å². The summed E-state index contributed by atoms with van der Waals surface area (Å²) in [5, 5.41) is 15.9. The molecular formula is C22H27N5O2. The first-order valence-corrected chi connectivity index (χ1v) is 10.2. The second-order valence-corrected chi connectivity index (χ2v) is 7.88. The third-order valence-electron chi connectivity index (χ3n) is 5.78. The van der Waals surface area contributed by atoms with Gasteiger partial charge in [0.25, 0.3) is 0 Å². The molecule has 4 rings (SSSR count). The first-order valence-electron chi connectivity index (χ1n) is 10.2. The van der Waals surface area contributed by atoms with Crippen LogP contribution in [0.3, 0.4) is 0 Å². The van der Waals surface area contributed by atoms with Gasteiger partial charge in [0.15, 0.2) is 5.82 Å². The lowest BCUT2D eigenvalue weighted by atomic mass is 9.98. The minimum absolute atomic E-state index is 0.0836. The summed E-state index contributed by atoms with van der Waals surface area (Å²) in [4.78, 5) is 12.9. The Balaban J connectivity index is 1.61. The standard InChI is InChI=1S/C22H27N5O2/c1-13-9-10-17(21-25-24-19-8-6-5-7-11-27(19)21)12-18(13)23-22(28)14(2)20-15(3)26-29-16(20)4/h9-10,12,14H,5-8,11H2,1-4H3,(H,23,28). The van der Waals surface area contributed by atoms with Gasteiger partial charge < -0.3 is 14.4 Å². The fourth-order valence-electron chi connectivity index (χ4n) is 4.07. The lowest BCUT2D eigenvalue weighted by Gasteiger charge is -2.15. The van der Waals surface area contributed by atoms with E-state index in [1.54, 1.807) is 0 Å². The highest BCUT2D eigenvalue weighted by atomic mass is 16.5. The van der Waals surface area contributed by atoms with Crippen molar-refractivity contribution in [2.45, 2.75) is 65.8 Å². The normalized spacial score (nSPS) is 14.9. The van der Waals surface area contributed by atoms with Crippen molar-refractivity contribution < 1.29 is 9.32 Å². The molecule has 0 bridgehead atoms. The van der Waals surface area contributed by atoms with Crippen LogP contribution in [0.2, 0.25) is 0 Å². The minimum atomic E-state index is -0.353. The number of nitrogens with one attached hydrogen (secondary N) is 1. The Bertz CT molecular complexity index is 1030. The number of rotatable bonds is 4. The lowest BCUT2D eigenvalue weighted by molar-refractivity contribution is -0.117. The third kappa shape index (κ3) is 3.69. The van der Waals surface area contributed by atoms with Crippen LogP contribution >= 0.6 is 0 Å². The van der Waals surface area contributed by atoms with Crippen LogP contribution in [0, 0.1) is 20.8 Å².